The molecule has 0 aromatic carbocycles. The third kappa shape index (κ3) is 8.23. The van der Waals surface area contributed by atoms with E-state index >= 15 is 0 Å². The molecule has 0 saturated carbocycles. The molecular formula is C18H34N4O5. The molecule has 0 unspecified atom stereocenters. The molecule has 2 amide bonds. The first-order chi connectivity index (χ1) is 12.8. The number of nitrogens with one attached hydrogen (secondary N) is 1. The molecule has 156 valence electrons. The number of carboxylic acid groups (broad SMARTS) is 1. The molecule has 27 heavy (non-hydrogen) atoms. The number of ether oxygens (including phenoxy) is 1. The van der Waals surface area contributed by atoms with Crippen LogP contribution in [0.3, 0.4) is 0 Å². The van der Waals surface area contributed by atoms with Crippen molar-refractivity contribution in [3.05, 3.63) is 0 Å². The van der Waals surface area contributed by atoms with Crippen LogP contribution in [-0.2, 0) is 19.1 Å². The lowest BCUT2D eigenvalue weighted by Crippen LogP contribution is -2.51. The fraction of sp³-hybridized carbons (Fsp3) is 0.833. The second-order valence-corrected chi connectivity index (χ2v) is 7.32. The van der Waals surface area contributed by atoms with E-state index in [0.717, 1.165) is 25.7 Å². The number of rotatable bonds is 14. The average molecular weight is 386 g/mol. The molecule has 3 atom stereocenters. The molecule has 9 heteroatoms. The summed E-state index contributed by atoms with van der Waals surface area (Å²) >= 11 is 0. The van der Waals surface area contributed by atoms with E-state index in [2.05, 4.69) is 5.32 Å². The Labute approximate surface area is 160 Å². The van der Waals surface area contributed by atoms with E-state index in [1.54, 1.807) is 4.90 Å². The van der Waals surface area contributed by atoms with Crippen molar-refractivity contribution in [1.82, 2.24) is 10.2 Å². The van der Waals surface area contributed by atoms with Crippen LogP contribution in [0.2, 0.25) is 0 Å². The lowest BCUT2D eigenvalue weighted by Gasteiger charge is -2.29. The van der Waals surface area contributed by atoms with Crippen LogP contribution in [-0.4, -0.2) is 72.2 Å². The standard InChI is InChI=1S/C18H34N4O5/c1-12(2)11-13(21-16(23)14-15(27-14)18(25)26)17(24)22(9-5-3-7-19)10-6-4-8-20/h12-15H,3-11,19-20H2,1-2H3,(H,21,23)(H,25,26)/t13-,14-,15-/m0/s1. The van der Waals surface area contributed by atoms with E-state index < -0.39 is 30.1 Å². The van der Waals surface area contributed by atoms with E-state index in [1.807, 2.05) is 13.8 Å². The largest absolute Gasteiger partial charge is 0.479 e. The van der Waals surface area contributed by atoms with Crippen molar-refractivity contribution in [3.8, 4) is 0 Å². The van der Waals surface area contributed by atoms with E-state index in [1.165, 1.54) is 0 Å². The van der Waals surface area contributed by atoms with E-state index in [4.69, 9.17) is 21.3 Å². The zero-order valence-electron chi connectivity index (χ0n) is 16.4. The maximum Gasteiger partial charge on any atom is 0.336 e. The van der Waals surface area contributed by atoms with Crippen LogP contribution in [0.4, 0.5) is 0 Å². The summed E-state index contributed by atoms with van der Waals surface area (Å²) < 4.78 is 4.88. The Morgan fingerprint density at radius 2 is 1.59 bits per heavy atom. The number of carbonyl (C=O) groups excluding carboxylic acids is 2. The zero-order valence-corrected chi connectivity index (χ0v) is 16.4. The molecule has 9 nitrogen and oxygen atoms in total. The van der Waals surface area contributed by atoms with Crippen LogP contribution in [0.25, 0.3) is 0 Å². The number of hydrogen-bond acceptors (Lipinski definition) is 6. The van der Waals surface area contributed by atoms with Crippen LogP contribution in [0.15, 0.2) is 0 Å². The summed E-state index contributed by atoms with van der Waals surface area (Å²) in [5.74, 6) is -1.69. The van der Waals surface area contributed by atoms with Crippen LogP contribution in [0, 0.1) is 5.92 Å². The third-order valence-corrected chi connectivity index (χ3v) is 4.39. The summed E-state index contributed by atoms with van der Waals surface area (Å²) in [6.07, 6.45) is 1.55. The van der Waals surface area contributed by atoms with Gasteiger partial charge in [0.05, 0.1) is 0 Å². The topological polar surface area (TPSA) is 151 Å². The molecule has 1 aliphatic rings. The summed E-state index contributed by atoms with van der Waals surface area (Å²) in [6, 6.07) is -0.702. The normalized spacial score (nSPS) is 19.6. The van der Waals surface area contributed by atoms with Gasteiger partial charge < -0.3 is 31.5 Å². The second kappa shape index (κ2) is 11.9. The van der Waals surface area contributed by atoms with Gasteiger partial charge in [-0.1, -0.05) is 13.8 Å². The van der Waals surface area contributed by atoms with Crippen molar-refractivity contribution in [3.63, 3.8) is 0 Å². The summed E-state index contributed by atoms with van der Waals surface area (Å²) in [4.78, 5) is 37.9. The number of carboxylic acids is 1. The number of aliphatic carboxylic acids is 1. The Hall–Kier alpha value is -1.71. The first-order valence-electron chi connectivity index (χ1n) is 9.69. The molecule has 0 radical (unpaired) electrons. The first-order valence-corrected chi connectivity index (χ1v) is 9.69. The summed E-state index contributed by atoms with van der Waals surface area (Å²) in [6.45, 7) is 6.20. The number of nitrogens with two attached hydrogens (primary N) is 2. The maximum absolute atomic E-state index is 13.1. The molecule has 1 fully saturated rings. The van der Waals surface area contributed by atoms with Gasteiger partial charge in [0, 0.05) is 13.1 Å². The zero-order chi connectivity index (χ0) is 20.4. The number of hydrogen-bond donors (Lipinski definition) is 4. The molecule has 0 aliphatic carbocycles. The van der Waals surface area contributed by atoms with Gasteiger partial charge in [-0.15, -0.1) is 0 Å². The first kappa shape index (κ1) is 23.3. The molecule has 0 aromatic heterocycles. The summed E-state index contributed by atoms with van der Waals surface area (Å²) in [5, 5.41) is 11.6. The smallest absolute Gasteiger partial charge is 0.336 e. The van der Waals surface area contributed by atoms with Crippen molar-refractivity contribution in [2.45, 2.75) is 64.2 Å². The van der Waals surface area contributed by atoms with Crippen LogP contribution >= 0.6 is 0 Å². The van der Waals surface area contributed by atoms with Gasteiger partial charge in [-0.25, -0.2) is 4.79 Å². The molecule has 0 aromatic rings. The molecule has 1 saturated heterocycles. The highest BCUT2D eigenvalue weighted by Gasteiger charge is 2.51. The lowest BCUT2D eigenvalue weighted by molar-refractivity contribution is -0.138. The van der Waals surface area contributed by atoms with Gasteiger partial charge in [0.2, 0.25) is 5.91 Å². The van der Waals surface area contributed by atoms with Crippen LogP contribution in [0.5, 0.6) is 0 Å². The fourth-order valence-corrected chi connectivity index (χ4v) is 2.89. The molecular weight excluding hydrogens is 352 g/mol. The Kier molecular flexibility index (Phi) is 10.3. The Morgan fingerprint density at radius 1 is 1.04 bits per heavy atom. The van der Waals surface area contributed by atoms with E-state index in [-0.39, 0.29) is 11.8 Å². The number of carbonyl (C=O) groups is 3. The minimum atomic E-state index is -1.17. The highest BCUT2D eigenvalue weighted by Crippen LogP contribution is 2.23. The van der Waals surface area contributed by atoms with Crippen molar-refractivity contribution < 1.29 is 24.2 Å². The predicted octanol–water partition coefficient (Wildman–Crippen LogP) is -0.324. The molecule has 1 rings (SSSR count). The van der Waals surface area contributed by atoms with Gasteiger partial charge in [0.1, 0.15) is 6.04 Å². The van der Waals surface area contributed by atoms with Crippen LogP contribution < -0.4 is 16.8 Å². The van der Waals surface area contributed by atoms with Crippen LogP contribution in [0.1, 0.15) is 46.0 Å². The predicted molar refractivity (Wildman–Crippen MR) is 101 cm³/mol. The number of amides is 2. The van der Waals surface area contributed by atoms with Gasteiger partial charge in [0.25, 0.3) is 5.91 Å². The van der Waals surface area contributed by atoms with Gasteiger partial charge in [-0.05, 0) is 51.1 Å². The molecule has 0 spiro atoms. The van der Waals surface area contributed by atoms with Crippen molar-refractivity contribution >= 4 is 17.8 Å². The number of nitrogens with zero attached hydrogens (tertiary/aromatic N) is 1. The Balaban J connectivity index is 2.75. The molecule has 1 heterocycles. The van der Waals surface area contributed by atoms with Crippen molar-refractivity contribution in [2.75, 3.05) is 26.2 Å². The quantitative estimate of drug-likeness (QED) is 0.236. The minimum absolute atomic E-state index is 0.154. The van der Waals surface area contributed by atoms with E-state index in [9.17, 15) is 14.4 Å². The average Bonchev–Trinajstić information content (AvgIpc) is 3.40. The Bertz CT molecular complexity index is 490. The number of epoxide rings is 1. The molecule has 1 aliphatic heterocycles. The molecule has 6 N–H and O–H groups in total. The van der Waals surface area contributed by atoms with Crippen molar-refractivity contribution in [1.29, 1.82) is 0 Å². The van der Waals surface area contributed by atoms with Gasteiger partial charge in [-0.2, -0.15) is 0 Å². The summed E-state index contributed by atoms with van der Waals surface area (Å²) in [5.41, 5.74) is 11.1. The highest BCUT2D eigenvalue weighted by molar-refractivity contribution is 5.95. The minimum Gasteiger partial charge on any atom is -0.479 e. The third-order valence-electron chi connectivity index (χ3n) is 4.39. The number of unbranched alkanes of at least 4 members (excludes halogenated alkanes) is 2. The maximum atomic E-state index is 13.1. The van der Waals surface area contributed by atoms with Gasteiger partial charge in [0.15, 0.2) is 12.2 Å². The van der Waals surface area contributed by atoms with Crippen molar-refractivity contribution in [2.24, 2.45) is 17.4 Å². The SMILES string of the molecule is CC(C)C[C@H](NC(=O)[C@H]1O[C@@H]1C(=O)O)C(=O)N(CCCCN)CCCCN. The summed E-state index contributed by atoms with van der Waals surface area (Å²) in [7, 11) is 0. The van der Waals surface area contributed by atoms with Gasteiger partial charge in [-0.3, -0.25) is 9.59 Å². The van der Waals surface area contributed by atoms with E-state index in [0.29, 0.717) is 32.6 Å². The molecule has 0 bridgehead atoms. The fourth-order valence-electron chi connectivity index (χ4n) is 2.89. The monoisotopic (exact) mass is 386 g/mol. The lowest BCUT2D eigenvalue weighted by atomic mass is 10.0. The Morgan fingerprint density at radius 3 is 2.00 bits per heavy atom. The van der Waals surface area contributed by atoms with Gasteiger partial charge >= 0.3 is 5.97 Å². The highest BCUT2D eigenvalue weighted by atomic mass is 16.6. The second-order valence-electron chi connectivity index (χ2n) is 7.32.